The van der Waals surface area contributed by atoms with Crippen molar-refractivity contribution >= 4 is 0 Å². The van der Waals surface area contributed by atoms with Crippen molar-refractivity contribution < 1.29 is 0 Å². The van der Waals surface area contributed by atoms with Gasteiger partial charge in [-0.05, 0) is 24.5 Å². The molecule has 0 bridgehead atoms. The third-order valence-electron chi connectivity index (χ3n) is 2.79. The predicted octanol–water partition coefficient (Wildman–Crippen LogP) is 3.36. The molecule has 0 spiro atoms. The highest BCUT2D eigenvalue weighted by Gasteiger charge is 2.06. The van der Waals surface area contributed by atoms with Gasteiger partial charge in [0.05, 0.1) is 6.54 Å². The molecule has 0 unspecified atom stereocenters. The second-order valence-corrected chi connectivity index (χ2v) is 4.55. The first-order chi connectivity index (χ1) is 7.66. The molecule has 2 nitrogen and oxygen atoms in total. The van der Waals surface area contributed by atoms with Crippen LogP contribution in [0.15, 0.2) is 36.5 Å². The summed E-state index contributed by atoms with van der Waals surface area (Å²) in [5.41, 5.74) is 3.89. The summed E-state index contributed by atoms with van der Waals surface area (Å²) in [5.74, 6) is 0.521. The highest BCUT2D eigenvalue weighted by atomic mass is 15.3. The van der Waals surface area contributed by atoms with Crippen LogP contribution >= 0.6 is 0 Å². The molecule has 2 rings (SSSR count). The molecule has 0 amide bonds. The second-order valence-electron chi connectivity index (χ2n) is 4.55. The largest absolute Gasteiger partial charge is 0.265 e. The first-order valence-corrected chi connectivity index (χ1v) is 5.74. The standard InChI is InChI=1S/C14H18N2/c1-11(2)14-8-9-15-16(14)10-13-6-4-12(3)5-7-13/h4-9,11H,10H2,1-3H3. The molecule has 0 saturated carbocycles. The lowest BCUT2D eigenvalue weighted by molar-refractivity contribution is 0.617. The van der Waals surface area contributed by atoms with Gasteiger partial charge >= 0.3 is 0 Å². The molecule has 0 aliphatic heterocycles. The Labute approximate surface area is 96.9 Å². The normalized spacial score (nSPS) is 11.0. The molecule has 0 N–H and O–H groups in total. The summed E-state index contributed by atoms with van der Waals surface area (Å²) in [6, 6.07) is 10.7. The molecule has 16 heavy (non-hydrogen) atoms. The quantitative estimate of drug-likeness (QED) is 0.766. The zero-order valence-electron chi connectivity index (χ0n) is 10.1. The monoisotopic (exact) mass is 214 g/mol. The summed E-state index contributed by atoms with van der Waals surface area (Å²) in [6.45, 7) is 7.36. The fourth-order valence-corrected chi connectivity index (χ4v) is 1.83. The molecule has 0 fully saturated rings. The molecular formula is C14H18N2. The van der Waals surface area contributed by atoms with E-state index in [-0.39, 0.29) is 0 Å². The Bertz CT molecular complexity index is 452. The van der Waals surface area contributed by atoms with Crippen LogP contribution in [-0.2, 0) is 6.54 Å². The third-order valence-corrected chi connectivity index (χ3v) is 2.79. The van der Waals surface area contributed by atoms with Gasteiger partial charge in [0.15, 0.2) is 0 Å². The molecule has 0 atom stereocenters. The number of aryl methyl sites for hydroxylation is 1. The van der Waals surface area contributed by atoms with E-state index in [1.165, 1.54) is 16.8 Å². The Kier molecular flexibility index (Phi) is 3.09. The molecule has 1 aromatic carbocycles. The van der Waals surface area contributed by atoms with Crippen LogP contribution < -0.4 is 0 Å². The summed E-state index contributed by atoms with van der Waals surface area (Å²) >= 11 is 0. The molecule has 0 radical (unpaired) electrons. The van der Waals surface area contributed by atoms with Crippen LogP contribution in [0, 0.1) is 6.92 Å². The van der Waals surface area contributed by atoms with E-state index >= 15 is 0 Å². The molecule has 0 saturated heterocycles. The Morgan fingerprint density at radius 1 is 1.12 bits per heavy atom. The maximum absolute atomic E-state index is 4.37. The Hall–Kier alpha value is -1.57. The fraction of sp³-hybridized carbons (Fsp3) is 0.357. The molecule has 84 valence electrons. The van der Waals surface area contributed by atoms with Crippen molar-refractivity contribution in [1.82, 2.24) is 9.78 Å². The number of aromatic nitrogens is 2. The van der Waals surface area contributed by atoms with Crippen molar-refractivity contribution in [3.8, 4) is 0 Å². The smallest absolute Gasteiger partial charge is 0.0662 e. The number of benzene rings is 1. The van der Waals surface area contributed by atoms with Gasteiger partial charge in [0, 0.05) is 11.9 Å². The van der Waals surface area contributed by atoms with Crippen LogP contribution in [0.3, 0.4) is 0 Å². The predicted molar refractivity (Wildman–Crippen MR) is 66.6 cm³/mol. The minimum absolute atomic E-state index is 0.521. The molecule has 0 aliphatic carbocycles. The van der Waals surface area contributed by atoms with E-state index in [1.54, 1.807) is 0 Å². The topological polar surface area (TPSA) is 17.8 Å². The highest BCUT2D eigenvalue weighted by molar-refractivity contribution is 5.22. The molecule has 0 aliphatic rings. The molecule has 2 aromatic rings. The van der Waals surface area contributed by atoms with Crippen molar-refractivity contribution in [2.75, 3.05) is 0 Å². The average molecular weight is 214 g/mol. The summed E-state index contributed by atoms with van der Waals surface area (Å²) in [4.78, 5) is 0. The third kappa shape index (κ3) is 2.32. The van der Waals surface area contributed by atoms with Gasteiger partial charge in [0.25, 0.3) is 0 Å². The zero-order valence-corrected chi connectivity index (χ0v) is 10.1. The first kappa shape index (κ1) is 10.9. The average Bonchev–Trinajstić information content (AvgIpc) is 2.69. The van der Waals surface area contributed by atoms with E-state index in [2.05, 4.69) is 60.9 Å². The molecule has 1 aromatic heterocycles. The highest BCUT2D eigenvalue weighted by Crippen LogP contribution is 2.15. The number of rotatable bonds is 3. The number of nitrogens with zero attached hydrogens (tertiary/aromatic N) is 2. The minimum Gasteiger partial charge on any atom is -0.265 e. The summed E-state index contributed by atoms with van der Waals surface area (Å²) in [6.07, 6.45) is 1.88. The van der Waals surface area contributed by atoms with Gasteiger partial charge in [0.2, 0.25) is 0 Å². The van der Waals surface area contributed by atoms with Crippen molar-refractivity contribution in [3.05, 3.63) is 53.3 Å². The Balaban J connectivity index is 2.20. The van der Waals surface area contributed by atoms with Crippen molar-refractivity contribution in [3.63, 3.8) is 0 Å². The second kappa shape index (κ2) is 4.52. The molecular weight excluding hydrogens is 196 g/mol. The van der Waals surface area contributed by atoms with E-state index in [1.807, 2.05) is 6.20 Å². The summed E-state index contributed by atoms with van der Waals surface area (Å²) < 4.78 is 2.08. The lowest BCUT2D eigenvalue weighted by Gasteiger charge is -2.10. The van der Waals surface area contributed by atoms with E-state index < -0.39 is 0 Å². The van der Waals surface area contributed by atoms with Crippen LogP contribution in [0.2, 0.25) is 0 Å². The lowest BCUT2D eigenvalue weighted by Crippen LogP contribution is -2.07. The van der Waals surface area contributed by atoms with Crippen LogP contribution in [0.5, 0.6) is 0 Å². The van der Waals surface area contributed by atoms with Crippen LogP contribution in [0.25, 0.3) is 0 Å². The van der Waals surface area contributed by atoms with Gasteiger partial charge in [0.1, 0.15) is 0 Å². The van der Waals surface area contributed by atoms with Gasteiger partial charge in [-0.2, -0.15) is 5.10 Å². The summed E-state index contributed by atoms with van der Waals surface area (Å²) in [5, 5.41) is 4.37. The van der Waals surface area contributed by atoms with E-state index in [0.717, 1.165) is 6.54 Å². The van der Waals surface area contributed by atoms with Crippen molar-refractivity contribution in [2.24, 2.45) is 0 Å². The number of hydrogen-bond donors (Lipinski definition) is 0. The Morgan fingerprint density at radius 2 is 1.81 bits per heavy atom. The lowest BCUT2D eigenvalue weighted by atomic mass is 10.1. The van der Waals surface area contributed by atoms with E-state index in [0.29, 0.717) is 5.92 Å². The zero-order chi connectivity index (χ0) is 11.5. The first-order valence-electron chi connectivity index (χ1n) is 5.74. The van der Waals surface area contributed by atoms with Crippen LogP contribution in [0.1, 0.15) is 36.6 Å². The Morgan fingerprint density at radius 3 is 2.44 bits per heavy atom. The maximum Gasteiger partial charge on any atom is 0.0662 e. The molecule has 1 heterocycles. The van der Waals surface area contributed by atoms with Crippen molar-refractivity contribution in [2.45, 2.75) is 33.2 Å². The maximum atomic E-state index is 4.37. The SMILES string of the molecule is Cc1ccc(Cn2nccc2C(C)C)cc1. The fourth-order valence-electron chi connectivity index (χ4n) is 1.83. The van der Waals surface area contributed by atoms with Gasteiger partial charge in [-0.15, -0.1) is 0 Å². The van der Waals surface area contributed by atoms with Gasteiger partial charge in [-0.3, -0.25) is 4.68 Å². The van der Waals surface area contributed by atoms with Crippen LogP contribution in [0.4, 0.5) is 0 Å². The van der Waals surface area contributed by atoms with Gasteiger partial charge < -0.3 is 0 Å². The van der Waals surface area contributed by atoms with Crippen LogP contribution in [-0.4, -0.2) is 9.78 Å². The van der Waals surface area contributed by atoms with E-state index in [4.69, 9.17) is 0 Å². The van der Waals surface area contributed by atoms with E-state index in [9.17, 15) is 0 Å². The van der Waals surface area contributed by atoms with Gasteiger partial charge in [-0.1, -0.05) is 43.7 Å². The molecule has 2 heteroatoms. The summed E-state index contributed by atoms with van der Waals surface area (Å²) in [7, 11) is 0. The minimum atomic E-state index is 0.521. The number of hydrogen-bond acceptors (Lipinski definition) is 1. The van der Waals surface area contributed by atoms with Gasteiger partial charge in [-0.25, -0.2) is 0 Å². The van der Waals surface area contributed by atoms with Crippen molar-refractivity contribution in [1.29, 1.82) is 0 Å².